The Hall–Kier alpha value is -1.55. The molecule has 134 valence electrons. The Bertz CT molecular complexity index is 680. The molecule has 1 N–H and O–H groups in total. The minimum Gasteiger partial charge on any atom is -0.425 e. The van der Waals surface area contributed by atoms with Crippen molar-refractivity contribution in [1.29, 1.82) is 0 Å². The maximum Gasteiger partial charge on any atom is 0.330 e. The summed E-state index contributed by atoms with van der Waals surface area (Å²) < 4.78 is 5.36. The number of esters is 1. The van der Waals surface area contributed by atoms with Crippen LogP contribution >= 0.6 is 11.6 Å². The molecule has 25 heavy (non-hydrogen) atoms. The SMILES string of the molecule is Cc1cc(Cl)ccc1OC(=O)CNC(=O)C12CC3CC(CC(C3)C1)C2. The highest BCUT2D eigenvalue weighted by atomic mass is 35.5. The van der Waals surface area contributed by atoms with Crippen molar-refractivity contribution < 1.29 is 14.3 Å². The van der Waals surface area contributed by atoms with Gasteiger partial charge < -0.3 is 10.1 Å². The third-order valence-electron chi connectivity index (χ3n) is 6.27. The molecule has 4 saturated carbocycles. The first-order valence-corrected chi connectivity index (χ1v) is 9.56. The predicted octanol–water partition coefficient (Wildman–Crippen LogP) is 3.89. The number of nitrogens with one attached hydrogen (secondary N) is 1. The fourth-order valence-corrected chi connectivity index (χ4v) is 5.84. The Morgan fingerprint density at radius 1 is 1.16 bits per heavy atom. The highest BCUT2D eigenvalue weighted by Crippen LogP contribution is 2.60. The summed E-state index contributed by atoms with van der Waals surface area (Å²) in [5.41, 5.74) is 0.568. The van der Waals surface area contributed by atoms with Gasteiger partial charge in [-0.15, -0.1) is 0 Å². The largest absolute Gasteiger partial charge is 0.425 e. The standard InChI is InChI=1S/C20H24ClNO3/c1-12-4-16(21)2-3-17(12)25-18(23)11-22-19(24)20-8-13-5-14(9-20)7-15(6-13)10-20/h2-4,13-15H,5-11H2,1H3,(H,22,24). The Balaban J connectivity index is 1.35. The molecule has 4 nitrogen and oxygen atoms in total. The highest BCUT2D eigenvalue weighted by molar-refractivity contribution is 6.30. The van der Waals surface area contributed by atoms with Crippen LogP contribution in [-0.4, -0.2) is 18.4 Å². The zero-order chi connectivity index (χ0) is 17.6. The van der Waals surface area contributed by atoms with Crippen molar-refractivity contribution in [3.63, 3.8) is 0 Å². The van der Waals surface area contributed by atoms with Crippen molar-refractivity contribution in [3.8, 4) is 5.75 Å². The van der Waals surface area contributed by atoms with E-state index in [2.05, 4.69) is 5.32 Å². The molecule has 0 spiro atoms. The Morgan fingerprint density at radius 2 is 1.76 bits per heavy atom. The van der Waals surface area contributed by atoms with Gasteiger partial charge in [0.05, 0.1) is 0 Å². The van der Waals surface area contributed by atoms with Gasteiger partial charge in [-0.3, -0.25) is 4.79 Å². The summed E-state index contributed by atoms with van der Waals surface area (Å²) in [7, 11) is 0. The number of hydrogen-bond acceptors (Lipinski definition) is 3. The van der Waals surface area contributed by atoms with E-state index in [0.29, 0.717) is 28.5 Å². The third kappa shape index (κ3) is 3.29. The third-order valence-corrected chi connectivity index (χ3v) is 6.51. The quantitative estimate of drug-likeness (QED) is 0.654. The Labute approximate surface area is 153 Å². The zero-order valence-electron chi connectivity index (χ0n) is 14.5. The van der Waals surface area contributed by atoms with Crippen LogP contribution in [0.1, 0.15) is 44.1 Å². The molecule has 0 saturated heterocycles. The minimum atomic E-state index is -0.441. The summed E-state index contributed by atoms with van der Waals surface area (Å²) >= 11 is 5.91. The van der Waals surface area contributed by atoms with Gasteiger partial charge in [0.25, 0.3) is 0 Å². The Kier molecular flexibility index (Phi) is 4.27. The molecular weight excluding hydrogens is 338 g/mol. The molecule has 4 aliphatic rings. The molecule has 4 fully saturated rings. The summed E-state index contributed by atoms with van der Waals surface area (Å²) in [5.74, 6) is 2.22. The van der Waals surface area contributed by atoms with Gasteiger partial charge in [-0.25, -0.2) is 4.79 Å². The number of halogens is 1. The second kappa shape index (κ2) is 6.31. The highest BCUT2D eigenvalue weighted by Gasteiger charge is 2.54. The first kappa shape index (κ1) is 16.9. The molecule has 5 rings (SSSR count). The summed E-state index contributed by atoms with van der Waals surface area (Å²) in [6, 6.07) is 5.11. The van der Waals surface area contributed by atoms with Crippen LogP contribution < -0.4 is 10.1 Å². The van der Waals surface area contributed by atoms with Gasteiger partial charge in [0.15, 0.2) is 0 Å². The van der Waals surface area contributed by atoms with Crippen molar-refractivity contribution >= 4 is 23.5 Å². The van der Waals surface area contributed by atoms with E-state index in [0.717, 1.165) is 24.8 Å². The number of rotatable bonds is 4. The molecule has 0 atom stereocenters. The molecule has 0 unspecified atom stereocenters. The van der Waals surface area contributed by atoms with Gasteiger partial charge in [0.1, 0.15) is 12.3 Å². The lowest BCUT2D eigenvalue weighted by atomic mass is 9.49. The van der Waals surface area contributed by atoms with Crippen LogP contribution in [0.25, 0.3) is 0 Å². The van der Waals surface area contributed by atoms with Crippen molar-refractivity contribution in [3.05, 3.63) is 28.8 Å². The molecule has 5 heteroatoms. The molecule has 4 bridgehead atoms. The number of ether oxygens (including phenoxy) is 1. The Morgan fingerprint density at radius 3 is 2.32 bits per heavy atom. The number of carbonyl (C=O) groups is 2. The van der Waals surface area contributed by atoms with E-state index in [1.54, 1.807) is 18.2 Å². The molecule has 1 aromatic carbocycles. The second-order valence-electron chi connectivity index (χ2n) is 8.26. The molecular formula is C20H24ClNO3. The van der Waals surface area contributed by atoms with Crippen molar-refractivity contribution in [2.75, 3.05) is 6.54 Å². The molecule has 0 aliphatic heterocycles. The summed E-state index contributed by atoms with van der Waals surface area (Å²) in [5, 5.41) is 3.46. The average Bonchev–Trinajstić information content (AvgIpc) is 2.54. The lowest BCUT2D eigenvalue weighted by molar-refractivity contribution is -0.148. The van der Waals surface area contributed by atoms with E-state index < -0.39 is 5.97 Å². The van der Waals surface area contributed by atoms with Crippen molar-refractivity contribution in [2.24, 2.45) is 23.2 Å². The zero-order valence-corrected chi connectivity index (χ0v) is 15.3. The van der Waals surface area contributed by atoms with Gasteiger partial charge in [-0.2, -0.15) is 0 Å². The second-order valence-corrected chi connectivity index (χ2v) is 8.70. The molecule has 0 radical (unpaired) electrons. The van der Waals surface area contributed by atoms with Crippen LogP contribution in [0.3, 0.4) is 0 Å². The van der Waals surface area contributed by atoms with Crippen LogP contribution in [0, 0.1) is 30.1 Å². The molecule has 1 aromatic rings. The van der Waals surface area contributed by atoms with E-state index in [9.17, 15) is 9.59 Å². The van der Waals surface area contributed by atoms with E-state index >= 15 is 0 Å². The van der Waals surface area contributed by atoms with Crippen molar-refractivity contribution in [1.82, 2.24) is 5.32 Å². The first-order valence-electron chi connectivity index (χ1n) is 9.19. The van der Waals surface area contributed by atoms with E-state index in [4.69, 9.17) is 16.3 Å². The van der Waals surface area contributed by atoms with E-state index in [1.807, 2.05) is 6.92 Å². The number of aryl methyl sites for hydroxylation is 1. The number of carbonyl (C=O) groups excluding carboxylic acids is 2. The topological polar surface area (TPSA) is 55.4 Å². The van der Waals surface area contributed by atoms with Gasteiger partial charge in [0.2, 0.25) is 5.91 Å². The maximum absolute atomic E-state index is 12.8. The molecule has 1 amide bonds. The fraction of sp³-hybridized carbons (Fsp3) is 0.600. The minimum absolute atomic E-state index is 0.0522. The van der Waals surface area contributed by atoms with Crippen LogP contribution in [0.15, 0.2) is 18.2 Å². The van der Waals surface area contributed by atoms with Crippen molar-refractivity contribution in [2.45, 2.75) is 45.4 Å². The van der Waals surface area contributed by atoms with E-state index in [-0.39, 0.29) is 17.9 Å². The average molecular weight is 362 g/mol. The normalized spacial score (nSPS) is 32.5. The smallest absolute Gasteiger partial charge is 0.330 e. The molecule has 0 aromatic heterocycles. The lowest BCUT2D eigenvalue weighted by Gasteiger charge is -2.55. The van der Waals surface area contributed by atoms with Gasteiger partial charge in [0, 0.05) is 10.4 Å². The first-order chi connectivity index (χ1) is 11.9. The molecule has 0 heterocycles. The lowest BCUT2D eigenvalue weighted by Crippen LogP contribution is -2.54. The van der Waals surface area contributed by atoms with Crippen LogP contribution in [0.5, 0.6) is 5.75 Å². The van der Waals surface area contributed by atoms with Gasteiger partial charge in [-0.05, 0) is 87.0 Å². The summed E-state index contributed by atoms with van der Waals surface area (Å²) in [6.45, 7) is 1.76. The number of benzene rings is 1. The van der Waals surface area contributed by atoms with Crippen LogP contribution in [0.2, 0.25) is 5.02 Å². The van der Waals surface area contributed by atoms with Gasteiger partial charge >= 0.3 is 5.97 Å². The van der Waals surface area contributed by atoms with Crippen LogP contribution in [-0.2, 0) is 9.59 Å². The number of hydrogen-bond donors (Lipinski definition) is 1. The van der Waals surface area contributed by atoms with Crippen LogP contribution in [0.4, 0.5) is 0 Å². The number of amides is 1. The summed E-state index contributed by atoms with van der Waals surface area (Å²) in [4.78, 5) is 24.9. The monoisotopic (exact) mass is 361 g/mol. The maximum atomic E-state index is 12.8. The fourth-order valence-electron chi connectivity index (χ4n) is 5.61. The predicted molar refractivity (Wildman–Crippen MR) is 95.4 cm³/mol. The van der Waals surface area contributed by atoms with Gasteiger partial charge in [-0.1, -0.05) is 11.6 Å². The summed E-state index contributed by atoms with van der Waals surface area (Å²) in [6.07, 6.45) is 6.88. The van der Waals surface area contributed by atoms with E-state index in [1.165, 1.54) is 19.3 Å². The molecule has 4 aliphatic carbocycles.